The summed E-state index contributed by atoms with van der Waals surface area (Å²) in [5, 5.41) is 4.02. The monoisotopic (exact) mass is 506 g/mol. The van der Waals surface area contributed by atoms with Crippen molar-refractivity contribution in [1.82, 2.24) is 0 Å². The molecule has 1 amide bonds. The molecule has 12 heteroatoms. The predicted octanol–water partition coefficient (Wildman–Crippen LogP) is 3.29. The molecule has 178 valence electrons. The summed E-state index contributed by atoms with van der Waals surface area (Å²) in [6, 6.07) is 11.3. The van der Waals surface area contributed by atoms with Gasteiger partial charge in [0.25, 0.3) is 10.0 Å². The average Bonchev–Trinajstić information content (AvgIpc) is 3.38. The molecule has 1 heterocycles. The van der Waals surface area contributed by atoms with Crippen molar-refractivity contribution in [3.05, 3.63) is 76.9 Å². The van der Waals surface area contributed by atoms with Crippen molar-refractivity contribution in [3.63, 3.8) is 0 Å². The standard InChI is InChI=1S/C22H19FN2O7S2/c1-31-21(27)14-5-10-17(22(28)32-2)18(12-14)24-19(26)13-25(16-8-6-15(23)7-9-16)34(29,30)20-4-3-11-33-20/h3-12H,13H2,1-2H3,(H,24,26). The highest BCUT2D eigenvalue weighted by atomic mass is 32.2. The molecule has 34 heavy (non-hydrogen) atoms. The summed E-state index contributed by atoms with van der Waals surface area (Å²) in [6.45, 7) is -0.699. The highest BCUT2D eigenvalue weighted by Gasteiger charge is 2.29. The van der Waals surface area contributed by atoms with Gasteiger partial charge in [0.1, 0.15) is 16.6 Å². The number of benzene rings is 2. The molecule has 0 bridgehead atoms. The lowest BCUT2D eigenvalue weighted by atomic mass is 10.1. The van der Waals surface area contributed by atoms with Crippen molar-refractivity contribution >= 4 is 50.6 Å². The lowest BCUT2D eigenvalue weighted by Gasteiger charge is -2.23. The fraction of sp³-hybridized carbons (Fsp3) is 0.136. The molecule has 0 spiro atoms. The number of anilines is 2. The minimum Gasteiger partial charge on any atom is -0.465 e. The maximum absolute atomic E-state index is 13.4. The molecule has 0 saturated carbocycles. The number of rotatable bonds is 8. The van der Waals surface area contributed by atoms with Crippen LogP contribution in [0.2, 0.25) is 0 Å². The van der Waals surface area contributed by atoms with E-state index in [9.17, 15) is 27.2 Å². The molecule has 0 aliphatic heterocycles. The van der Waals surface area contributed by atoms with E-state index in [0.717, 1.165) is 34.9 Å². The van der Waals surface area contributed by atoms with Gasteiger partial charge in [-0.05, 0) is 53.9 Å². The SMILES string of the molecule is COC(=O)c1ccc(C(=O)OC)c(NC(=O)CN(c2ccc(F)cc2)S(=O)(=O)c2cccs2)c1. The molecule has 2 aromatic carbocycles. The number of hydrogen-bond donors (Lipinski definition) is 1. The molecule has 1 N–H and O–H groups in total. The minimum atomic E-state index is -4.16. The first-order chi connectivity index (χ1) is 16.2. The summed E-state index contributed by atoms with van der Waals surface area (Å²) in [4.78, 5) is 37.0. The van der Waals surface area contributed by atoms with Crippen LogP contribution in [0.5, 0.6) is 0 Å². The van der Waals surface area contributed by atoms with E-state index in [2.05, 4.69) is 10.1 Å². The van der Waals surface area contributed by atoms with E-state index in [1.165, 1.54) is 43.5 Å². The summed E-state index contributed by atoms with van der Waals surface area (Å²) in [5.74, 6) is -2.89. The summed E-state index contributed by atoms with van der Waals surface area (Å²) in [5.41, 5.74) is -0.0289. The zero-order chi connectivity index (χ0) is 24.9. The normalized spacial score (nSPS) is 10.9. The number of carbonyl (C=O) groups excluding carboxylic acids is 3. The van der Waals surface area contributed by atoms with Gasteiger partial charge in [0.2, 0.25) is 5.91 Å². The smallest absolute Gasteiger partial charge is 0.339 e. The molecule has 9 nitrogen and oxygen atoms in total. The fourth-order valence-corrected chi connectivity index (χ4v) is 5.47. The van der Waals surface area contributed by atoms with Crippen LogP contribution in [0.4, 0.5) is 15.8 Å². The average molecular weight is 507 g/mol. The van der Waals surface area contributed by atoms with E-state index in [0.29, 0.717) is 0 Å². The van der Waals surface area contributed by atoms with Gasteiger partial charge in [-0.25, -0.2) is 22.4 Å². The molecule has 3 rings (SSSR count). The Balaban J connectivity index is 1.97. The number of halogens is 1. The molecule has 0 radical (unpaired) electrons. The summed E-state index contributed by atoms with van der Waals surface area (Å²) in [7, 11) is -1.85. The van der Waals surface area contributed by atoms with Gasteiger partial charge in [0, 0.05) is 0 Å². The van der Waals surface area contributed by atoms with E-state index in [1.807, 2.05) is 0 Å². The number of nitrogens with zero attached hydrogens (tertiary/aromatic N) is 1. The molecule has 0 fully saturated rings. The second kappa shape index (κ2) is 10.4. The number of carbonyl (C=O) groups is 3. The Hall–Kier alpha value is -3.77. The third-order valence-electron chi connectivity index (χ3n) is 4.56. The van der Waals surface area contributed by atoms with Crippen molar-refractivity contribution < 1.29 is 36.7 Å². The molecule has 1 aromatic heterocycles. The third kappa shape index (κ3) is 5.41. The number of amides is 1. The molecule has 0 atom stereocenters. The molecular weight excluding hydrogens is 487 g/mol. The second-order valence-corrected chi connectivity index (χ2v) is 9.75. The van der Waals surface area contributed by atoms with E-state index in [-0.39, 0.29) is 26.7 Å². The van der Waals surface area contributed by atoms with Crippen LogP contribution in [0, 0.1) is 5.82 Å². The highest BCUT2D eigenvalue weighted by Crippen LogP contribution is 2.27. The van der Waals surface area contributed by atoms with Gasteiger partial charge in [0.05, 0.1) is 36.7 Å². The van der Waals surface area contributed by atoms with E-state index < -0.39 is 40.2 Å². The van der Waals surface area contributed by atoms with Gasteiger partial charge in [-0.15, -0.1) is 11.3 Å². The number of sulfonamides is 1. The second-order valence-electron chi connectivity index (χ2n) is 6.71. The molecule has 0 unspecified atom stereocenters. The van der Waals surface area contributed by atoms with E-state index >= 15 is 0 Å². The van der Waals surface area contributed by atoms with Gasteiger partial charge in [-0.3, -0.25) is 9.10 Å². The Morgan fingerprint density at radius 1 is 1.00 bits per heavy atom. The number of thiophene rings is 1. The number of nitrogens with one attached hydrogen (secondary N) is 1. The first-order valence-corrected chi connectivity index (χ1v) is 11.9. The van der Waals surface area contributed by atoms with Crippen LogP contribution < -0.4 is 9.62 Å². The first-order valence-electron chi connectivity index (χ1n) is 9.59. The van der Waals surface area contributed by atoms with Crippen LogP contribution in [0.15, 0.2) is 64.2 Å². The summed E-state index contributed by atoms with van der Waals surface area (Å²) in [6.07, 6.45) is 0. The van der Waals surface area contributed by atoms with Crippen molar-refractivity contribution in [2.75, 3.05) is 30.4 Å². The molecule has 0 aliphatic carbocycles. The highest BCUT2D eigenvalue weighted by molar-refractivity contribution is 7.94. The Kier molecular flexibility index (Phi) is 7.64. The zero-order valence-electron chi connectivity index (χ0n) is 18.0. The summed E-state index contributed by atoms with van der Waals surface area (Å²) < 4.78 is 50.0. The van der Waals surface area contributed by atoms with Gasteiger partial charge in [0.15, 0.2) is 0 Å². The molecular formula is C22H19FN2O7S2. The quantitative estimate of drug-likeness (QED) is 0.466. The number of methoxy groups -OCH3 is 2. The predicted molar refractivity (Wildman–Crippen MR) is 123 cm³/mol. The minimum absolute atomic E-state index is 0.0208. The number of esters is 2. The van der Waals surface area contributed by atoms with Crippen LogP contribution in [-0.4, -0.2) is 47.0 Å². The van der Waals surface area contributed by atoms with Gasteiger partial charge < -0.3 is 14.8 Å². The Morgan fingerprint density at radius 3 is 2.26 bits per heavy atom. The zero-order valence-corrected chi connectivity index (χ0v) is 19.6. The lowest BCUT2D eigenvalue weighted by Crippen LogP contribution is -2.38. The van der Waals surface area contributed by atoms with E-state index in [1.54, 1.807) is 11.4 Å². The van der Waals surface area contributed by atoms with Crippen molar-refractivity contribution in [1.29, 1.82) is 0 Å². The van der Waals surface area contributed by atoms with Crippen LogP contribution >= 0.6 is 11.3 Å². The lowest BCUT2D eigenvalue weighted by molar-refractivity contribution is -0.114. The topological polar surface area (TPSA) is 119 Å². The van der Waals surface area contributed by atoms with Crippen LogP contribution in [-0.2, 0) is 24.3 Å². The van der Waals surface area contributed by atoms with Gasteiger partial charge in [-0.1, -0.05) is 6.07 Å². The maximum atomic E-state index is 13.4. The Morgan fingerprint density at radius 2 is 1.68 bits per heavy atom. The maximum Gasteiger partial charge on any atom is 0.339 e. The third-order valence-corrected chi connectivity index (χ3v) is 7.71. The van der Waals surface area contributed by atoms with Crippen LogP contribution in [0.3, 0.4) is 0 Å². The number of hydrogen-bond acceptors (Lipinski definition) is 8. The first kappa shape index (κ1) is 24.9. The largest absolute Gasteiger partial charge is 0.465 e. The Labute approximate surface area is 198 Å². The van der Waals surface area contributed by atoms with Crippen molar-refractivity contribution in [3.8, 4) is 0 Å². The van der Waals surface area contributed by atoms with Crippen LogP contribution in [0.25, 0.3) is 0 Å². The van der Waals surface area contributed by atoms with E-state index in [4.69, 9.17) is 4.74 Å². The van der Waals surface area contributed by atoms with Gasteiger partial charge in [-0.2, -0.15) is 0 Å². The van der Waals surface area contributed by atoms with Gasteiger partial charge >= 0.3 is 11.9 Å². The Bertz CT molecular complexity index is 1310. The van der Waals surface area contributed by atoms with Crippen molar-refractivity contribution in [2.45, 2.75) is 4.21 Å². The summed E-state index contributed by atoms with van der Waals surface area (Å²) >= 11 is 0.956. The fourth-order valence-electron chi connectivity index (χ4n) is 2.94. The molecule has 0 aliphatic rings. The number of ether oxygens (including phenoxy) is 2. The molecule has 3 aromatic rings. The van der Waals surface area contributed by atoms with Crippen LogP contribution in [0.1, 0.15) is 20.7 Å². The van der Waals surface area contributed by atoms with Crippen molar-refractivity contribution in [2.24, 2.45) is 0 Å². The molecule has 0 saturated heterocycles.